The second-order valence-corrected chi connectivity index (χ2v) is 3.70. The van der Waals surface area contributed by atoms with Crippen molar-refractivity contribution >= 4 is 18.4 Å². The third-order valence-electron chi connectivity index (χ3n) is 2.47. The molecular formula is C11H15ClN2O5. The van der Waals surface area contributed by atoms with Gasteiger partial charge in [-0.25, -0.2) is 0 Å². The smallest absolute Gasteiger partial charge is 0.328 e. The number of nitrogens with one attached hydrogen (secondary N) is 1. The van der Waals surface area contributed by atoms with Gasteiger partial charge in [0.05, 0.1) is 0 Å². The number of phenolic OH excluding ortho intramolecular Hbond substituents is 1. The molecule has 0 fully saturated rings. The molecule has 3 N–H and O–H groups in total. The Morgan fingerprint density at radius 1 is 1.42 bits per heavy atom. The van der Waals surface area contributed by atoms with Crippen molar-refractivity contribution in [3.05, 3.63) is 39.9 Å². The van der Waals surface area contributed by atoms with Gasteiger partial charge in [0.25, 0.3) is 6.04 Å². The van der Waals surface area contributed by atoms with Crippen LogP contribution < -0.4 is 5.32 Å². The number of aliphatic carboxylic acids is 1. The number of carbonyl (C=O) groups is 1. The largest absolute Gasteiger partial charge is 0.508 e. The standard InChI is InChI=1S/C11H14N2O5.ClH/c1-2-12-9(11(15)16)10(13(17)18)7-3-5-8(14)6-4-7;/h3-6,9-10,12,14H,2H2,1H3,(H,15,16);1H/t9-,10?;/m0./s1. The minimum atomic E-state index is -1.40. The van der Waals surface area contributed by atoms with Gasteiger partial charge in [-0.15, -0.1) is 12.4 Å². The zero-order chi connectivity index (χ0) is 13.7. The summed E-state index contributed by atoms with van der Waals surface area (Å²) < 4.78 is 0. The number of phenols is 1. The predicted molar refractivity (Wildman–Crippen MR) is 70.2 cm³/mol. The number of rotatable bonds is 6. The van der Waals surface area contributed by atoms with E-state index < -0.39 is 23.0 Å². The van der Waals surface area contributed by atoms with Crippen LogP contribution in [0.5, 0.6) is 5.75 Å². The van der Waals surface area contributed by atoms with Gasteiger partial charge in [-0.2, -0.15) is 0 Å². The van der Waals surface area contributed by atoms with Crippen molar-refractivity contribution in [1.82, 2.24) is 5.32 Å². The van der Waals surface area contributed by atoms with E-state index in [1.54, 1.807) is 6.92 Å². The highest BCUT2D eigenvalue weighted by Gasteiger charge is 2.38. The van der Waals surface area contributed by atoms with E-state index >= 15 is 0 Å². The van der Waals surface area contributed by atoms with Crippen LogP contribution in [0.25, 0.3) is 0 Å². The van der Waals surface area contributed by atoms with Crippen LogP contribution in [-0.4, -0.2) is 33.7 Å². The molecule has 19 heavy (non-hydrogen) atoms. The quantitative estimate of drug-likeness (QED) is 0.536. The molecule has 1 aromatic rings. The highest BCUT2D eigenvalue weighted by molar-refractivity contribution is 5.85. The third kappa shape index (κ3) is 4.38. The van der Waals surface area contributed by atoms with E-state index in [4.69, 9.17) is 10.2 Å². The summed E-state index contributed by atoms with van der Waals surface area (Å²) in [5.41, 5.74) is 0.228. The van der Waals surface area contributed by atoms with E-state index in [0.717, 1.165) is 0 Å². The first-order valence-electron chi connectivity index (χ1n) is 5.36. The summed E-state index contributed by atoms with van der Waals surface area (Å²) >= 11 is 0. The Morgan fingerprint density at radius 3 is 2.32 bits per heavy atom. The zero-order valence-electron chi connectivity index (χ0n) is 10.1. The van der Waals surface area contributed by atoms with Gasteiger partial charge >= 0.3 is 5.97 Å². The zero-order valence-corrected chi connectivity index (χ0v) is 11.0. The number of carboxylic acid groups (broad SMARTS) is 1. The average Bonchev–Trinajstić information content (AvgIpc) is 2.30. The number of likely N-dealkylation sites (N-methyl/N-ethyl adjacent to an activating group) is 1. The lowest BCUT2D eigenvalue weighted by molar-refractivity contribution is -0.531. The van der Waals surface area contributed by atoms with Crippen molar-refractivity contribution < 1.29 is 19.9 Å². The summed E-state index contributed by atoms with van der Waals surface area (Å²) in [5.74, 6) is -1.32. The second kappa shape index (κ2) is 7.55. The fraction of sp³-hybridized carbons (Fsp3) is 0.364. The Morgan fingerprint density at radius 2 is 1.95 bits per heavy atom. The Labute approximate surface area is 115 Å². The molecule has 0 heterocycles. The first-order chi connectivity index (χ1) is 8.47. The van der Waals surface area contributed by atoms with Crippen LogP contribution in [0.3, 0.4) is 0 Å². The molecule has 0 saturated heterocycles. The molecule has 0 aliphatic heterocycles. The highest BCUT2D eigenvalue weighted by atomic mass is 35.5. The lowest BCUT2D eigenvalue weighted by Gasteiger charge is -2.18. The van der Waals surface area contributed by atoms with E-state index in [1.807, 2.05) is 0 Å². The van der Waals surface area contributed by atoms with Gasteiger partial charge in [0.1, 0.15) is 5.75 Å². The van der Waals surface area contributed by atoms with Crippen molar-refractivity contribution in [2.45, 2.75) is 19.0 Å². The molecule has 0 spiro atoms. The van der Waals surface area contributed by atoms with Gasteiger partial charge < -0.3 is 10.2 Å². The number of hydrogen-bond acceptors (Lipinski definition) is 5. The van der Waals surface area contributed by atoms with E-state index in [-0.39, 0.29) is 23.7 Å². The summed E-state index contributed by atoms with van der Waals surface area (Å²) in [4.78, 5) is 21.5. The highest BCUT2D eigenvalue weighted by Crippen LogP contribution is 2.23. The van der Waals surface area contributed by atoms with Crippen LogP contribution in [0.15, 0.2) is 24.3 Å². The number of nitrogens with zero attached hydrogens (tertiary/aromatic N) is 1. The van der Waals surface area contributed by atoms with Crippen molar-refractivity contribution in [3.8, 4) is 5.75 Å². The maximum absolute atomic E-state index is 11.1. The van der Waals surface area contributed by atoms with E-state index in [9.17, 15) is 14.9 Å². The second-order valence-electron chi connectivity index (χ2n) is 3.70. The molecule has 0 amide bonds. The number of benzene rings is 1. The molecule has 1 aromatic carbocycles. The van der Waals surface area contributed by atoms with Crippen LogP contribution in [0.4, 0.5) is 0 Å². The molecule has 0 radical (unpaired) electrons. The molecule has 8 heteroatoms. The van der Waals surface area contributed by atoms with Crippen LogP contribution in [-0.2, 0) is 4.79 Å². The van der Waals surface area contributed by atoms with E-state index in [2.05, 4.69) is 5.32 Å². The Bertz CT molecular complexity index is 437. The van der Waals surface area contributed by atoms with Gasteiger partial charge in [0, 0.05) is 10.5 Å². The number of nitro groups is 1. The summed E-state index contributed by atoms with van der Waals surface area (Å²) in [6, 6.07) is 2.55. The van der Waals surface area contributed by atoms with Gasteiger partial charge in [-0.3, -0.25) is 20.2 Å². The summed E-state index contributed by atoms with van der Waals surface area (Å²) in [5, 5.41) is 31.8. The van der Waals surface area contributed by atoms with Crippen molar-refractivity contribution in [2.24, 2.45) is 0 Å². The molecule has 0 bridgehead atoms. The molecule has 0 aliphatic carbocycles. The van der Waals surface area contributed by atoms with Crippen LogP contribution in [0.1, 0.15) is 18.5 Å². The summed E-state index contributed by atoms with van der Waals surface area (Å²) in [6.07, 6.45) is 0. The molecule has 7 nitrogen and oxygen atoms in total. The number of halogens is 1. The average molecular weight is 291 g/mol. The van der Waals surface area contributed by atoms with Crippen molar-refractivity contribution in [2.75, 3.05) is 6.54 Å². The van der Waals surface area contributed by atoms with Crippen molar-refractivity contribution in [1.29, 1.82) is 0 Å². The molecule has 2 atom stereocenters. The molecule has 0 saturated carbocycles. The monoisotopic (exact) mass is 290 g/mol. The molecule has 106 valence electrons. The number of hydrogen-bond donors (Lipinski definition) is 3. The van der Waals surface area contributed by atoms with Gasteiger partial charge in [-0.1, -0.05) is 6.92 Å². The third-order valence-corrected chi connectivity index (χ3v) is 2.47. The van der Waals surface area contributed by atoms with Crippen LogP contribution in [0.2, 0.25) is 0 Å². The topological polar surface area (TPSA) is 113 Å². The Kier molecular flexibility index (Phi) is 6.81. The predicted octanol–water partition coefficient (Wildman–Crippen LogP) is 1.19. The molecule has 1 rings (SSSR count). The van der Waals surface area contributed by atoms with Gasteiger partial charge in [-0.05, 0) is 30.8 Å². The van der Waals surface area contributed by atoms with Crippen LogP contribution in [0, 0.1) is 10.1 Å². The van der Waals surface area contributed by atoms with Crippen LogP contribution >= 0.6 is 12.4 Å². The number of aromatic hydroxyl groups is 1. The molecular weight excluding hydrogens is 276 g/mol. The van der Waals surface area contributed by atoms with E-state index in [1.165, 1.54) is 24.3 Å². The fourth-order valence-electron chi connectivity index (χ4n) is 1.66. The lowest BCUT2D eigenvalue weighted by atomic mass is 9.99. The minimum absolute atomic E-state index is 0. The van der Waals surface area contributed by atoms with Gasteiger partial charge in [0.15, 0.2) is 6.04 Å². The normalized spacial score (nSPS) is 13.1. The maximum Gasteiger partial charge on any atom is 0.328 e. The Hall–Kier alpha value is -1.86. The molecule has 1 unspecified atom stereocenters. The van der Waals surface area contributed by atoms with E-state index in [0.29, 0.717) is 6.54 Å². The SMILES string of the molecule is CCN[C@H](C(=O)O)C(c1ccc(O)cc1)[N+](=O)[O-].Cl. The molecule has 0 aromatic heterocycles. The number of carboxylic acids is 1. The summed E-state index contributed by atoms with van der Waals surface area (Å²) in [7, 11) is 0. The molecule has 0 aliphatic rings. The first kappa shape index (κ1) is 17.1. The lowest BCUT2D eigenvalue weighted by Crippen LogP contribution is -2.44. The first-order valence-corrected chi connectivity index (χ1v) is 5.36. The Balaban J connectivity index is 0.00000324. The fourth-order valence-corrected chi connectivity index (χ4v) is 1.66. The minimum Gasteiger partial charge on any atom is -0.508 e. The summed E-state index contributed by atoms with van der Waals surface area (Å²) in [6.45, 7) is 1.98. The van der Waals surface area contributed by atoms with Gasteiger partial charge in [0.2, 0.25) is 0 Å². The maximum atomic E-state index is 11.1. The van der Waals surface area contributed by atoms with Crippen molar-refractivity contribution in [3.63, 3.8) is 0 Å².